The van der Waals surface area contributed by atoms with E-state index in [1.54, 1.807) is 31.3 Å². The Labute approximate surface area is 137 Å². The molecule has 0 aliphatic carbocycles. The summed E-state index contributed by atoms with van der Waals surface area (Å²) in [6.07, 6.45) is 0. The average Bonchev–Trinajstić information content (AvgIpc) is 2.56. The molecule has 0 aliphatic rings. The number of hydrogen-bond acceptors (Lipinski definition) is 4. The lowest BCUT2D eigenvalue weighted by Crippen LogP contribution is -2.39. The summed E-state index contributed by atoms with van der Waals surface area (Å²) in [6, 6.07) is 12.6. The lowest BCUT2D eigenvalue weighted by molar-refractivity contribution is 0.597. The number of hydrogen-bond donors (Lipinski definition) is 1. The first-order valence-corrected chi connectivity index (χ1v) is 8.64. The summed E-state index contributed by atoms with van der Waals surface area (Å²) in [6.45, 7) is 0.0429. The molecule has 3 rings (SSSR count). The van der Waals surface area contributed by atoms with Gasteiger partial charge < -0.3 is 0 Å². The smallest absolute Gasteiger partial charge is 0.296 e. The second kappa shape index (κ2) is 5.73. The molecule has 2 N–H and O–H groups in total. The summed E-state index contributed by atoms with van der Waals surface area (Å²) in [5.74, 6) is 0. The Morgan fingerprint density at radius 2 is 1.62 bits per heavy atom. The van der Waals surface area contributed by atoms with Crippen molar-refractivity contribution in [2.45, 2.75) is 11.4 Å². The molecule has 24 heavy (non-hydrogen) atoms. The number of para-hydroxylation sites is 1. The Morgan fingerprint density at radius 1 is 1.00 bits per heavy atom. The van der Waals surface area contributed by atoms with Crippen LogP contribution in [0.5, 0.6) is 0 Å². The van der Waals surface area contributed by atoms with Crippen LogP contribution in [0.3, 0.4) is 0 Å². The molecule has 0 atom stereocenters. The topological polar surface area (TPSA) is 104 Å². The zero-order valence-electron chi connectivity index (χ0n) is 12.8. The minimum absolute atomic E-state index is 0.0231. The Kier molecular flexibility index (Phi) is 3.86. The van der Waals surface area contributed by atoms with Gasteiger partial charge in [0.1, 0.15) is 0 Å². The fourth-order valence-electron chi connectivity index (χ4n) is 2.57. The lowest BCUT2D eigenvalue weighted by atomic mass is 10.2. The van der Waals surface area contributed by atoms with Gasteiger partial charge in [-0.15, -0.1) is 0 Å². The van der Waals surface area contributed by atoms with Crippen LogP contribution in [-0.2, 0) is 23.6 Å². The van der Waals surface area contributed by atoms with Crippen molar-refractivity contribution in [3.05, 3.63) is 74.9 Å². The fourth-order valence-corrected chi connectivity index (χ4v) is 3.09. The highest BCUT2D eigenvalue weighted by Crippen LogP contribution is 2.10. The fraction of sp³-hybridized carbons (Fsp3) is 0.125. The van der Waals surface area contributed by atoms with E-state index in [9.17, 15) is 18.0 Å². The second-order valence-corrected chi connectivity index (χ2v) is 7.00. The third kappa shape index (κ3) is 2.77. The Hall–Kier alpha value is -2.71. The van der Waals surface area contributed by atoms with Gasteiger partial charge in [0, 0.05) is 7.05 Å². The van der Waals surface area contributed by atoms with E-state index in [4.69, 9.17) is 5.14 Å². The molecule has 0 bridgehead atoms. The molecule has 7 nitrogen and oxygen atoms in total. The summed E-state index contributed by atoms with van der Waals surface area (Å²) >= 11 is 0. The van der Waals surface area contributed by atoms with E-state index in [0.717, 1.165) is 4.57 Å². The predicted molar refractivity (Wildman–Crippen MR) is 90.4 cm³/mol. The van der Waals surface area contributed by atoms with Gasteiger partial charge in [-0.1, -0.05) is 24.3 Å². The van der Waals surface area contributed by atoms with E-state index < -0.39 is 15.7 Å². The average molecular weight is 345 g/mol. The highest BCUT2D eigenvalue weighted by Gasteiger charge is 2.12. The molecule has 0 spiro atoms. The van der Waals surface area contributed by atoms with Crippen molar-refractivity contribution < 1.29 is 8.42 Å². The molecule has 0 radical (unpaired) electrons. The van der Waals surface area contributed by atoms with Gasteiger partial charge in [-0.2, -0.15) is 0 Å². The molecule has 124 valence electrons. The van der Waals surface area contributed by atoms with Gasteiger partial charge in [0.15, 0.2) is 0 Å². The van der Waals surface area contributed by atoms with Gasteiger partial charge in [-0.25, -0.2) is 18.4 Å². The third-order valence-corrected chi connectivity index (χ3v) is 4.78. The van der Waals surface area contributed by atoms with Gasteiger partial charge in [0.2, 0.25) is 10.0 Å². The van der Waals surface area contributed by atoms with Crippen molar-refractivity contribution in [1.29, 1.82) is 0 Å². The maximum absolute atomic E-state index is 12.6. The molecule has 8 heteroatoms. The van der Waals surface area contributed by atoms with Crippen molar-refractivity contribution in [2.24, 2.45) is 12.2 Å². The van der Waals surface area contributed by atoms with Crippen molar-refractivity contribution in [1.82, 2.24) is 9.13 Å². The van der Waals surface area contributed by atoms with E-state index in [0.29, 0.717) is 16.5 Å². The van der Waals surface area contributed by atoms with Crippen molar-refractivity contribution in [2.75, 3.05) is 0 Å². The van der Waals surface area contributed by atoms with Crippen LogP contribution in [0.1, 0.15) is 5.56 Å². The maximum Gasteiger partial charge on any atom is 0.331 e. The van der Waals surface area contributed by atoms with Crippen LogP contribution in [0.25, 0.3) is 10.9 Å². The van der Waals surface area contributed by atoms with Gasteiger partial charge >= 0.3 is 5.69 Å². The first-order valence-electron chi connectivity index (χ1n) is 7.09. The van der Waals surface area contributed by atoms with E-state index in [2.05, 4.69) is 0 Å². The number of primary sulfonamides is 1. The molecule has 0 saturated heterocycles. The molecular weight excluding hydrogens is 330 g/mol. The number of nitrogens with zero attached hydrogens (tertiary/aromatic N) is 2. The molecule has 0 saturated carbocycles. The van der Waals surface area contributed by atoms with Gasteiger partial charge in [0.25, 0.3) is 5.56 Å². The monoisotopic (exact) mass is 345 g/mol. The molecule has 1 heterocycles. The SMILES string of the molecule is Cn1c(=O)n(Cc2ccc(S(N)(=O)=O)cc2)c(=O)c2ccccc21. The minimum Gasteiger partial charge on any atom is -0.296 e. The lowest BCUT2D eigenvalue weighted by Gasteiger charge is -2.11. The highest BCUT2D eigenvalue weighted by molar-refractivity contribution is 7.89. The van der Waals surface area contributed by atoms with Crippen LogP contribution < -0.4 is 16.4 Å². The van der Waals surface area contributed by atoms with E-state index in [-0.39, 0.29) is 17.0 Å². The summed E-state index contributed by atoms with van der Waals surface area (Å²) in [5, 5.41) is 5.50. The zero-order valence-corrected chi connectivity index (χ0v) is 13.7. The molecule has 0 unspecified atom stereocenters. The molecular formula is C16H15N3O4S. The van der Waals surface area contributed by atoms with Crippen LogP contribution in [0, 0.1) is 0 Å². The Morgan fingerprint density at radius 3 is 2.25 bits per heavy atom. The van der Waals surface area contributed by atoms with Gasteiger partial charge in [0.05, 0.1) is 22.3 Å². The number of rotatable bonds is 3. The van der Waals surface area contributed by atoms with Gasteiger partial charge in [-0.3, -0.25) is 13.9 Å². The first kappa shape index (κ1) is 16.2. The Balaban J connectivity index is 2.11. The molecule has 3 aromatic rings. The molecule has 0 aliphatic heterocycles. The summed E-state index contributed by atoms with van der Waals surface area (Å²) in [7, 11) is -2.18. The number of benzene rings is 2. The van der Waals surface area contributed by atoms with Crippen molar-refractivity contribution in [3.8, 4) is 0 Å². The molecule has 0 fully saturated rings. The van der Waals surface area contributed by atoms with Gasteiger partial charge in [-0.05, 0) is 29.8 Å². The number of aromatic nitrogens is 2. The quantitative estimate of drug-likeness (QED) is 0.742. The summed E-state index contributed by atoms with van der Waals surface area (Å²) < 4.78 is 25.1. The number of sulfonamides is 1. The highest BCUT2D eigenvalue weighted by atomic mass is 32.2. The van der Waals surface area contributed by atoms with Crippen LogP contribution in [0.15, 0.2) is 63.0 Å². The zero-order chi connectivity index (χ0) is 17.5. The van der Waals surface area contributed by atoms with E-state index in [1.807, 2.05) is 0 Å². The van der Waals surface area contributed by atoms with Crippen LogP contribution in [-0.4, -0.2) is 17.6 Å². The van der Waals surface area contributed by atoms with Crippen molar-refractivity contribution in [3.63, 3.8) is 0 Å². The van der Waals surface area contributed by atoms with Crippen LogP contribution in [0.4, 0.5) is 0 Å². The number of aryl methyl sites for hydroxylation is 1. The molecule has 2 aromatic carbocycles. The number of nitrogens with two attached hydrogens (primary N) is 1. The number of fused-ring (bicyclic) bond motifs is 1. The molecule has 0 amide bonds. The minimum atomic E-state index is -3.78. The second-order valence-electron chi connectivity index (χ2n) is 5.44. The predicted octanol–water partition coefficient (Wildman–Crippen LogP) is 0.396. The van der Waals surface area contributed by atoms with E-state index >= 15 is 0 Å². The largest absolute Gasteiger partial charge is 0.331 e. The van der Waals surface area contributed by atoms with Crippen LogP contribution >= 0.6 is 0 Å². The van der Waals surface area contributed by atoms with Crippen molar-refractivity contribution >= 4 is 20.9 Å². The molecule has 1 aromatic heterocycles. The normalized spacial score (nSPS) is 11.8. The first-order chi connectivity index (χ1) is 11.3. The summed E-state index contributed by atoms with van der Waals surface area (Å²) in [4.78, 5) is 25.0. The van der Waals surface area contributed by atoms with Crippen LogP contribution in [0.2, 0.25) is 0 Å². The standard InChI is InChI=1S/C16H15N3O4S/c1-18-14-5-3-2-4-13(14)15(20)19(16(18)21)10-11-6-8-12(9-7-11)24(17,22)23/h2-9H,10H2,1H3,(H2,17,22,23). The Bertz CT molecular complexity index is 1140. The summed E-state index contributed by atoms with van der Waals surface area (Å²) in [5.41, 5.74) is 0.364. The maximum atomic E-state index is 12.6. The van der Waals surface area contributed by atoms with E-state index in [1.165, 1.54) is 28.8 Å². The third-order valence-electron chi connectivity index (χ3n) is 3.85.